The van der Waals surface area contributed by atoms with Crippen molar-refractivity contribution in [3.63, 3.8) is 0 Å². The van der Waals surface area contributed by atoms with Crippen molar-refractivity contribution in [2.45, 2.75) is 6.61 Å². The molecule has 1 amide bonds. The lowest BCUT2D eigenvalue weighted by Gasteiger charge is -2.28. The molecule has 1 N–H and O–H groups in total. The zero-order chi connectivity index (χ0) is 28.9. The normalized spacial score (nSPS) is 17.4. The van der Waals surface area contributed by atoms with E-state index in [1.807, 2.05) is 42.5 Å². The van der Waals surface area contributed by atoms with Crippen molar-refractivity contribution in [2.24, 2.45) is 4.99 Å². The molecule has 2 saturated heterocycles. The highest BCUT2D eigenvalue weighted by Gasteiger charge is 2.30. The van der Waals surface area contributed by atoms with E-state index >= 15 is 0 Å². The Balaban J connectivity index is 1.30. The zero-order valence-corrected chi connectivity index (χ0v) is 25.5. The fourth-order valence-corrected chi connectivity index (χ4v) is 6.10. The molecule has 5 rings (SSSR count). The van der Waals surface area contributed by atoms with Crippen LogP contribution in [0.1, 0.15) is 21.5 Å². The van der Waals surface area contributed by atoms with E-state index in [2.05, 4.69) is 27.5 Å². The molecule has 41 heavy (non-hydrogen) atoms. The minimum Gasteiger partial charge on any atom is -0.493 e. The number of anilines is 1. The summed E-state index contributed by atoms with van der Waals surface area (Å²) in [7, 11) is 3.29. The van der Waals surface area contributed by atoms with E-state index < -0.39 is 5.97 Å². The average molecular weight is 686 g/mol. The highest BCUT2D eigenvalue weighted by Crippen LogP contribution is 2.38. The molecule has 2 aliphatic rings. The van der Waals surface area contributed by atoms with Gasteiger partial charge in [-0.25, -0.2) is 9.79 Å². The number of amidine groups is 1. The van der Waals surface area contributed by atoms with Crippen molar-refractivity contribution >= 4 is 68.8 Å². The van der Waals surface area contributed by atoms with Gasteiger partial charge in [-0.2, -0.15) is 0 Å². The number of thioether (sulfide) groups is 1. The van der Waals surface area contributed by atoms with Crippen molar-refractivity contribution in [3.05, 3.63) is 85.8 Å². The number of benzene rings is 3. The summed E-state index contributed by atoms with van der Waals surface area (Å²) in [6, 6.07) is 18.3. The van der Waals surface area contributed by atoms with Crippen molar-refractivity contribution < 1.29 is 28.9 Å². The number of halogens is 1. The predicted molar refractivity (Wildman–Crippen MR) is 168 cm³/mol. The second-order valence-electron chi connectivity index (χ2n) is 9.31. The number of nitrogens with zero attached hydrogens (tertiary/aromatic N) is 3. The minimum atomic E-state index is -0.972. The van der Waals surface area contributed by atoms with Crippen LogP contribution in [0, 0.1) is 3.57 Å². The van der Waals surface area contributed by atoms with Crippen LogP contribution in [-0.2, 0) is 16.1 Å². The van der Waals surface area contributed by atoms with Gasteiger partial charge in [0.1, 0.15) is 6.61 Å². The third-order valence-electron chi connectivity index (χ3n) is 6.59. The van der Waals surface area contributed by atoms with E-state index in [4.69, 9.17) is 24.3 Å². The molecule has 2 heterocycles. The molecule has 9 nitrogen and oxygen atoms in total. The Morgan fingerprint density at radius 2 is 1.83 bits per heavy atom. The summed E-state index contributed by atoms with van der Waals surface area (Å²) in [6.07, 6.45) is 1.83. The standard InChI is InChI=1S/C30H28IN3O6S/c1-33-28(35)26(41-30(33)32-22-7-9-23(10-8-22)34-11-13-39-14-12-34)17-20-15-24(31)27(25(16-20)38-2)40-18-19-3-5-21(6-4-19)29(36)37/h3-10,15-17H,11-14,18H2,1-2H3,(H,36,37)/b26-17-,32-30?. The molecular weight excluding hydrogens is 657 g/mol. The second kappa shape index (κ2) is 13.0. The number of carbonyl (C=O) groups excluding carboxylic acids is 1. The van der Waals surface area contributed by atoms with Crippen LogP contribution < -0.4 is 14.4 Å². The maximum absolute atomic E-state index is 13.0. The zero-order valence-electron chi connectivity index (χ0n) is 22.5. The van der Waals surface area contributed by atoms with Crippen molar-refractivity contribution in [1.82, 2.24) is 4.90 Å². The molecule has 0 unspecified atom stereocenters. The van der Waals surface area contributed by atoms with E-state index in [0.29, 0.717) is 21.6 Å². The van der Waals surface area contributed by atoms with Gasteiger partial charge in [0.05, 0.1) is 40.0 Å². The van der Waals surface area contributed by atoms with Crippen LogP contribution in [0.5, 0.6) is 11.5 Å². The third-order valence-corrected chi connectivity index (χ3v) is 8.45. The molecule has 2 fully saturated rings. The fourth-order valence-electron chi connectivity index (χ4n) is 4.34. The first-order chi connectivity index (χ1) is 19.8. The van der Waals surface area contributed by atoms with E-state index in [0.717, 1.165) is 52.4 Å². The summed E-state index contributed by atoms with van der Waals surface area (Å²) >= 11 is 3.50. The Labute approximate surface area is 255 Å². The van der Waals surface area contributed by atoms with Gasteiger partial charge in [-0.15, -0.1) is 0 Å². The van der Waals surface area contributed by atoms with Gasteiger partial charge in [-0.05, 0) is 100 Å². The first kappa shape index (κ1) is 29.0. The number of aromatic carboxylic acids is 1. The van der Waals surface area contributed by atoms with Gasteiger partial charge >= 0.3 is 5.97 Å². The number of likely N-dealkylation sites (N-methyl/N-ethyl adjacent to an activating group) is 1. The third kappa shape index (κ3) is 6.85. The van der Waals surface area contributed by atoms with Gasteiger partial charge in [-0.1, -0.05) is 12.1 Å². The van der Waals surface area contributed by atoms with Gasteiger partial charge in [0.15, 0.2) is 16.7 Å². The van der Waals surface area contributed by atoms with Gasteiger partial charge in [0.25, 0.3) is 5.91 Å². The molecule has 2 aliphatic heterocycles. The van der Waals surface area contributed by atoms with Crippen LogP contribution in [0.2, 0.25) is 0 Å². The van der Waals surface area contributed by atoms with Crippen LogP contribution in [0.3, 0.4) is 0 Å². The Morgan fingerprint density at radius 1 is 1.12 bits per heavy atom. The molecule has 0 saturated carbocycles. The topological polar surface area (TPSA) is 101 Å². The number of carbonyl (C=O) groups is 2. The molecule has 11 heteroatoms. The molecule has 0 radical (unpaired) electrons. The lowest BCUT2D eigenvalue weighted by atomic mass is 10.1. The number of aliphatic imine (C=N–C) groups is 1. The molecule has 0 spiro atoms. The summed E-state index contributed by atoms with van der Waals surface area (Å²) in [4.78, 5) is 33.3. The summed E-state index contributed by atoms with van der Waals surface area (Å²) in [5.41, 5.74) is 3.76. The number of carboxylic acids is 1. The summed E-state index contributed by atoms with van der Waals surface area (Å²) in [6.45, 7) is 3.45. The monoisotopic (exact) mass is 685 g/mol. The highest BCUT2D eigenvalue weighted by atomic mass is 127. The number of hydrogen-bond donors (Lipinski definition) is 1. The molecular formula is C30H28IN3O6S. The van der Waals surface area contributed by atoms with Crippen molar-refractivity contribution in [1.29, 1.82) is 0 Å². The number of carboxylic acid groups (broad SMARTS) is 1. The number of rotatable bonds is 8. The lowest BCUT2D eigenvalue weighted by Crippen LogP contribution is -2.36. The Kier molecular flexibility index (Phi) is 9.15. The smallest absolute Gasteiger partial charge is 0.335 e. The van der Waals surface area contributed by atoms with Crippen molar-refractivity contribution in [3.8, 4) is 11.5 Å². The van der Waals surface area contributed by atoms with Crippen molar-refractivity contribution in [2.75, 3.05) is 45.4 Å². The molecule has 0 atom stereocenters. The van der Waals surface area contributed by atoms with E-state index in [9.17, 15) is 9.59 Å². The van der Waals surface area contributed by atoms with Crippen LogP contribution in [0.15, 0.2) is 70.6 Å². The van der Waals surface area contributed by atoms with E-state index in [1.54, 1.807) is 43.3 Å². The summed E-state index contributed by atoms with van der Waals surface area (Å²) < 4.78 is 17.9. The Hall–Kier alpha value is -3.55. The molecule has 0 bridgehead atoms. The Bertz CT molecular complexity index is 1500. The van der Waals surface area contributed by atoms with Crippen LogP contribution in [-0.4, -0.2) is 67.5 Å². The summed E-state index contributed by atoms with van der Waals surface area (Å²) in [5.74, 6) is 0.00429. The average Bonchev–Trinajstić information content (AvgIpc) is 3.24. The first-order valence-electron chi connectivity index (χ1n) is 12.8. The van der Waals surface area contributed by atoms with Gasteiger partial charge in [-0.3, -0.25) is 9.69 Å². The SMILES string of the molecule is COc1cc(/C=C2\SC(=Nc3ccc(N4CCOCC4)cc3)N(C)C2=O)cc(I)c1OCc1ccc(C(=O)O)cc1. The van der Waals surface area contributed by atoms with Gasteiger partial charge in [0, 0.05) is 25.8 Å². The number of methoxy groups -OCH3 is 1. The maximum Gasteiger partial charge on any atom is 0.335 e. The van der Waals surface area contributed by atoms with Crippen LogP contribution >= 0.6 is 34.4 Å². The van der Waals surface area contributed by atoms with Crippen LogP contribution in [0.4, 0.5) is 11.4 Å². The molecule has 3 aromatic carbocycles. The first-order valence-corrected chi connectivity index (χ1v) is 14.7. The van der Waals surface area contributed by atoms with Gasteiger partial charge in [0.2, 0.25) is 0 Å². The largest absolute Gasteiger partial charge is 0.493 e. The molecule has 212 valence electrons. The maximum atomic E-state index is 13.0. The quantitative estimate of drug-likeness (QED) is 0.240. The molecule has 0 aliphatic carbocycles. The Morgan fingerprint density at radius 3 is 2.49 bits per heavy atom. The highest BCUT2D eigenvalue weighted by molar-refractivity contribution is 14.1. The van der Waals surface area contributed by atoms with E-state index in [1.165, 1.54) is 11.8 Å². The van der Waals surface area contributed by atoms with Crippen LogP contribution in [0.25, 0.3) is 6.08 Å². The number of ether oxygens (including phenoxy) is 3. The minimum absolute atomic E-state index is 0.127. The fraction of sp³-hybridized carbons (Fsp3) is 0.233. The summed E-state index contributed by atoms with van der Waals surface area (Å²) in [5, 5.41) is 9.70. The lowest BCUT2D eigenvalue weighted by molar-refractivity contribution is -0.121. The molecule has 0 aromatic heterocycles. The number of hydrogen-bond acceptors (Lipinski definition) is 8. The number of morpholine rings is 1. The molecule has 3 aromatic rings. The number of amides is 1. The predicted octanol–water partition coefficient (Wildman–Crippen LogP) is 5.65. The van der Waals surface area contributed by atoms with Gasteiger partial charge < -0.3 is 24.2 Å². The second-order valence-corrected chi connectivity index (χ2v) is 11.5. The van der Waals surface area contributed by atoms with E-state index in [-0.39, 0.29) is 18.1 Å².